The van der Waals surface area contributed by atoms with E-state index in [0.29, 0.717) is 6.61 Å². The van der Waals surface area contributed by atoms with Gasteiger partial charge in [-0.15, -0.1) is 0 Å². The van der Waals surface area contributed by atoms with Crippen LogP contribution in [-0.4, -0.2) is 32.2 Å². The van der Waals surface area contributed by atoms with Crippen molar-refractivity contribution in [2.75, 3.05) is 20.3 Å². The molecule has 6 heteroatoms. The molecule has 1 unspecified atom stereocenters. The van der Waals surface area contributed by atoms with E-state index < -0.39 is 11.6 Å². The number of carbonyl (C=O) groups is 1. The van der Waals surface area contributed by atoms with Crippen LogP contribution in [0.5, 0.6) is 0 Å². The van der Waals surface area contributed by atoms with Crippen LogP contribution >= 0.6 is 0 Å². The van der Waals surface area contributed by atoms with Gasteiger partial charge in [-0.3, -0.25) is 4.79 Å². The molecule has 0 aliphatic heterocycles. The predicted molar refractivity (Wildman–Crippen MR) is 67.5 cm³/mol. The van der Waals surface area contributed by atoms with Crippen LogP contribution in [0.15, 0.2) is 18.2 Å². The Morgan fingerprint density at radius 3 is 2.84 bits per heavy atom. The van der Waals surface area contributed by atoms with Gasteiger partial charge in [0.2, 0.25) is 5.91 Å². The molecule has 0 aromatic heterocycles. The van der Waals surface area contributed by atoms with Gasteiger partial charge < -0.3 is 15.4 Å². The highest BCUT2D eigenvalue weighted by Gasteiger charge is 2.08. The van der Waals surface area contributed by atoms with Crippen LogP contribution < -0.4 is 10.6 Å². The second-order valence-corrected chi connectivity index (χ2v) is 4.26. The van der Waals surface area contributed by atoms with Crippen LogP contribution in [0.2, 0.25) is 0 Å². The largest absolute Gasteiger partial charge is 0.383 e. The average molecular weight is 272 g/mol. The molecule has 1 rings (SSSR count). The number of amides is 1. The molecule has 1 aromatic carbocycles. The topological polar surface area (TPSA) is 50.4 Å². The highest BCUT2D eigenvalue weighted by molar-refractivity contribution is 5.78. The van der Waals surface area contributed by atoms with E-state index in [1.54, 1.807) is 7.11 Å². The Hall–Kier alpha value is -1.53. The lowest BCUT2D eigenvalue weighted by Gasteiger charge is -2.13. The van der Waals surface area contributed by atoms with Gasteiger partial charge in [-0.25, -0.2) is 8.78 Å². The molecule has 0 saturated heterocycles. The third kappa shape index (κ3) is 5.76. The summed E-state index contributed by atoms with van der Waals surface area (Å²) in [6.07, 6.45) is 0. The summed E-state index contributed by atoms with van der Waals surface area (Å²) in [7, 11) is 1.55. The molecule has 1 atom stereocenters. The Morgan fingerprint density at radius 2 is 2.16 bits per heavy atom. The summed E-state index contributed by atoms with van der Waals surface area (Å²) in [6, 6.07) is 3.13. The third-order valence-electron chi connectivity index (χ3n) is 2.43. The Balaban J connectivity index is 2.33. The van der Waals surface area contributed by atoms with Crippen LogP contribution in [0.4, 0.5) is 8.78 Å². The highest BCUT2D eigenvalue weighted by Crippen LogP contribution is 2.08. The molecule has 0 bridgehead atoms. The van der Waals surface area contributed by atoms with Crippen molar-refractivity contribution in [3.63, 3.8) is 0 Å². The van der Waals surface area contributed by atoms with Crippen molar-refractivity contribution in [3.05, 3.63) is 35.4 Å². The van der Waals surface area contributed by atoms with E-state index in [0.717, 1.165) is 18.2 Å². The van der Waals surface area contributed by atoms with Gasteiger partial charge in [0.1, 0.15) is 11.6 Å². The Kier molecular flexibility index (Phi) is 6.38. The van der Waals surface area contributed by atoms with E-state index in [1.165, 1.54) is 0 Å². The maximum absolute atomic E-state index is 13.3. The first-order valence-electron chi connectivity index (χ1n) is 5.96. The fraction of sp³-hybridized carbons (Fsp3) is 0.462. The number of carbonyl (C=O) groups excluding carboxylic acids is 1. The van der Waals surface area contributed by atoms with E-state index in [-0.39, 0.29) is 30.6 Å². The summed E-state index contributed by atoms with van der Waals surface area (Å²) in [4.78, 5) is 11.5. The minimum atomic E-state index is -0.503. The number of hydrogen-bond acceptors (Lipinski definition) is 3. The van der Waals surface area contributed by atoms with Gasteiger partial charge in [0.25, 0.3) is 0 Å². The molecule has 0 spiro atoms. The number of hydrogen-bond donors (Lipinski definition) is 2. The Morgan fingerprint density at radius 1 is 1.42 bits per heavy atom. The lowest BCUT2D eigenvalue weighted by molar-refractivity contribution is -0.121. The first kappa shape index (κ1) is 15.5. The molecule has 1 aromatic rings. The molecule has 0 radical (unpaired) electrons. The van der Waals surface area contributed by atoms with Gasteiger partial charge in [0.05, 0.1) is 13.2 Å². The second kappa shape index (κ2) is 7.81. The molecule has 2 N–H and O–H groups in total. The molecule has 0 aliphatic carbocycles. The summed E-state index contributed by atoms with van der Waals surface area (Å²) in [5, 5.41) is 5.46. The van der Waals surface area contributed by atoms with Crippen molar-refractivity contribution in [2.24, 2.45) is 0 Å². The lowest BCUT2D eigenvalue weighted by Crippen LogP contribution is -2.40. The van der Waals surface area contributed by atoms with Crippen LogP contribution in [-0.2, 0) is 16.1 Å². The maximum Gasteiger partial charge on any atom is 0.234 e. The average Bonchev–Trinajstić information content (AvgIpc) is 2.33. The Labute approximate surface area is 111 Å². The summed E-state index contributed by atoms with van der Waals surface area (Å²) < 4.78 is 31.1. The third-order valence-corrected chi connectivity index (χ3v) is 2.43. The van der Waals surface area contributed by atoms with Crippen molar-refractivity contribution in [1.82, 2.24) is 10.6 Å². The molecular weight excluding hydrogens is 254 g/mol. The zero-order valence-electron chi connectivity index (χ0n) is 11.0. The standard InChI is InChI=1S/C13H18F2N2O2/c1-9(8-19-2)17-13(18)7-16-6-10-5-11(14)3-4-12(10)15/h3-5,9,16H,6-8H2,1-2H3,(H,17,18). The monoisotopic (exact) mass is 272 g/mol. The molecule has 0 fully saturated rings. The molecule has 4 nitrogen and oxygen atoms in total. The van der Waals surface area contributed by atoms with Gasteiger partial charge in [0.15, 0.2) is 0 Å². The van der Waals surface area contributed by atoms with E-state index in [2.05, 4.69) is 10.6 Å². The normalized spacial score (nSPS) is 12.2. The molecule has 0 aliphatic rings. The summed E-state index contributed by atoms with van der Waals surface area (Å²) in [5.74, 6) is -1.22. The molecule has 0 heterocycles. The molecule has 1 amide bonds. The maximum atomic E-state index is 13.3. The minimum Gasteiger partial charge on any atom is -0.383 e. The quantitative estimate of drug-likeness (QED) is 0.784. The fourth-order valence-corrected chi connectivity index (χ4v) is 1.61. The zero-order valence-corrected chi connectivity index (χ0v) is 11.0. The number of nitrogens with one attached hydrogen (secondary N) is 2. The summed E-state index contributed by atoms with van der Waals surface area (Å²) in [6.45, 7) is 2.36. The SMILES string of the molecule is COCC(C)NC(=O)CNCc1cc(F)ccc1F. The van der Waals surface area contributed by atoms with Crippen molar-refractivity contribution in [2.45, 2.75) is 19.5 Å². The minimum absolute atomic E-state index is 0.0318. The fourth-order valence-electron chi connectivity index (χ4n) is 1.61. The van der Waals surface area contributed by atoms with Gasteiger partial charge >= 0.3 is 0 Å². The van der Waals surface area contributed by atoms with Crippen LogP contribution in [0.3, 0.4) is 0 Å². The number of methoxy groups -OCH3 is 1. The number of halogens is 2. The predicted octanol–water partition coefficient (Wildman–Crippen LogP) is 1.21. The molecule has 106 valence electrons. The summed E-state index contributed by atoms with van der Waals surface area (Å²) in [5.41, 5.74) is 0.192. The molecule has 19 heavy (non-hydrogen) atoms. The van der Waals surface area contributed by atoms with Crippen molar-refractivity contribution >= 4 is 5.91 Å². The lowest BCUT2D eigenvalue weighted by atomic mass is 10.2. The van der Waals surface area contributed by atoms with Gasteiger partial charge in [0, 0.05) is 25.3 Å². The highest BCUT2D eigenvalue weighted by atomic mass is 19.1. The van der Waals surface area contributed by atoms with E-state index in [4.69, 9.17) is 4.74 Å². The van der Waals surface area contributed by atoms with Crippen LogP contribution in [0.25, 0.3) is 0 Å². The van der Waals surface area contributed by atoms with Gasteiger partial charge in [-0.05, 0) is 25.1 Å². The zero-order chi connectivity index (χ0) is 14.3. The van der Waals surface area contributed by atoms with Gasteiger partial charge in [-0.1, -0.05) is 0 Å². The van der Waals surface area contributed by atoms with Crippen molar-refractivity contribution in [3.8, 4) is 0 Å². The second-order valence-electron chi connectivity index (χ2n) is 4.26. The smallest absolute Gasteiger partial charge is 0.234 e. The first-order valence-corrected chi connectivity index (χ1v) is 5.96. The number of ether oxygens (including phenoxy) is 1. The van der Waals surface area contributed by atoms with Gasteiger partial charge in [-0.2, -0.15) is 0 Å². The van der Waals surface area contributed by atoms with Crippen LogP contribution in [0, 0.1) is 11.6 Å². The van der Waals surface area contributed by atoms with Crippen molar-refractivity contribution < 1.29 is 18.3 Å². The summed E-state index contributed by atoms with van der Waals surface area (Å²) >= 11 is 0. The molecule has 0 saturated carbocycles. The van der Waals surface area contributed by atoms with E-state index in [9.17, 15) is 13.6 Å². The van der Waals surface area contributed by atoms with Crippen molar-refractivity contribution in [1.29, 1.82) is 0 Å². The Bertz CT molecular complexity index is 427. The van der Waals surface area contributed by atoms with E-state index >= 15 is 0 Å². The number of rotatable bonds is 7. The van der Waals surface area contributed by atoms with Crippen LogP contribution in [0.1, 0.15) is 12.5 Å². The first-order chi connectivity index (χ1) is 9.02. The molecular formula is C13H18F2N2O2. The number of benzene rings is 1. The van der Waals surface area contributed by atoms with E-state index in [1.807, 2.05) is 6.92 Å².